The molecule has 0 aliphatic carbocycles. The van der Waals surface area contributed by atoms with Crippen molar-refractivity contribution in [3.8, 4) is 17.6 Å². The molecule has 0 unspecified atom stereocenters. The third-order valence-corrected chi connectivity index (χ3v) is 1.74. The molecule has 0 aliphatic rings. The second kappa shape index (κ2) is 5.14. The Hall–Kier alpha value is -2.32. The van der Waals surface area contributed by atoms with Crippen molar-refractivity contribution < 1.29 is 18.3 Å². The maximum Gasteiger partial charge on any atom is 0.417 e. The first-order valence-corrected chi connectivity index (χ1v) is 4.35. The number of alkyl halides is 3. The average Bonchev–Trinajstić information content (AvgIpc) is 2.25. The van der Waals surface area contributed by atoms with E-state index in [-0.39, 0.29) is 12.1 Å². The number of hydrogen-bond donors (Lipinski definition) is 1. The van der Waals surface area contributed by atoms with Crippen molar-refractivity contribution in [3.05, 3.63) is 39.8 Å². The molecular weight excluding hydrogens is 235 g/mol. The Morgan fingerprint density at radius 2 is 2.12 bits per heavy atom. The summed E-state index contributed by atoms with van der Waals surface area (Å²) in [6, 6.07) is 2.76. The number of phenolic OH excluding ortho intramolecular Hbond substituents is 1. The van der Waals surface area contributed by atoms with Crippen LogP contribution in [-0.2, 0) is 6.18 Å². The zero-order valence-corrected chi connectivity index (χ0v) is 8.36. The van der Waals surface area contributed by atoms with Gasteiger partial charge in [-0.15, -0.1) is 0 Å². The maximum atomic E-state index is 12.5. The summed E-state index contributed by atoms with van der Waals surface area (Å²) >= 11 is 0. The van der Waals surface area contributed by atoms with Crippen LogP contribution in [0.15, 0.2) is 23.3 Å². The molecule has 1 aromatic carbocycles. The van der Waals surface area contributed by atoms with Gasteiger partial charge in [-0.05, 0) is 23.7 Å². The Labute approximate surface area is 94.3 Å². The van der Waals surface area contributed by atoms with Gasteiger partial charge < -0.3 is 5.11 Å². The summed E-state index contributed by atoms with van der Waals surface area (Å²) in [4.78, 5) is 2.41. The fraction of sp³-hybridized carbons (Fsp3) is 0.200. The fourth-order valence-electron chi connectivity index (χ4n) is 1.08. The first-order valence-electron chi connectivity index (χ1n) is 4.35. The molecule has 1 rings (SSSR count). The molecule has 0 radical (unpaired) electrons. The van der Waals surface area contributed by atoms with E-state index < -0.39 is 17.5 Å². The van der Waals surface area contributed by atoms with E-state index in [1.165, 1.54) is 0 Å². The molecule has 0 fully saturated rings. The Balaban J connectivity index is 3.14. The largest absolute Gasteiger partial charge is 0.508 e. The van der Waals surface area contributed by atoms with Gasteiger partial charge in [-0.2, -0.15) is 13.2 Å². The van der Waals surface area contributed by atoms with Gasteiger partial charge in [0.1, 0.15) is 5.75 Å². The van der Waals surface area contributed by atoms with Crippen molar-refractivity contribution in [1.82, 2.24) is 0 Å². The SMILES string of the molecule is [N-]=[N+]=NCC#Cc1ccc(O)cc1C(F)(F)F. The molecule has 0 aliphatic heterocycles. The lowest BCUT2D eigenvalue weighted by atomic mass is 10.1. The van der Waals surface area contributed by atoms with Crippen LogP contribution >= 0.6 is 0 Å². The lowest BCUT2D eigenvalue weighted by Crippen LogP contribution is -2.07. The molecule has 0 aromatic heterocycles. The Kier molecular flexibility index (Phi) is 3.86. The number of azide groups is 1. The molecule has 1 N–H and O–H groups in total. The molecule has 0 saturated heterocycles. The molecule has 4 nitrogen and oxygen atoms in total. The summed E-state index contributed by atoms with van der Waals surface area (Å²) in [7, 11) is 0. The van der Waals surface area contributed by atoms with Crippen molar-refractivity contribution in [2.45, 2.75) is 6.18 Å². The molecule has 0 heterocycles. The number of hydrogen-bond acceptors (Lipinski definition) is 2. The van der Waals surface area contributed by atoms with Crippen LogP contribution in [0.4, 0.5) is 13.2 Å². The van der Waals surface area contributed by atoms with Crippen molar-refractivity contribution >= 4 is 0 Å². The van der Waals surface area contributed by atoms with Crippen molar-refractivity contribution in [3.63, 3.8) is 0 Å². The predicted molar refractivity (Wildman–Crippen MR) is 54.0 cm³/mol. The third kappa shape index (κ3) is 3.63. The minimum Gasteiger partial charge on any atom is -0.508 e. The van der Waals surface area contributed by atoms with Crippen molar-refractivity contribution in [1.29, 1.82) is 0 Å². The molecule has 0 atom stereocenters. The van der Waals surface area contributed by atoms with Gasteiger partial charge in [0, 0.05) is 10.5 Å². The highest BCUT2D eigenvalue weighted by atomic mass is 19.4. The molecule has 17 heavy (non-hydrogen) atoms. The topological polar surface area (TPSA) is 69.0 Å². The Bertz CT molecular complexity index is 522. The number of rotatable bonds is 1. The van der Waals surface area contributed by atoms with Gasteiger partial charge in [0.25, 0.3) is 0 Å². The lowest BCUT2D eigenvalue weighted by molar-refractivity contribution is -0.137. The molecule has 7 heteroatoms. The first-order chi connectivity index (χ1) is 7.95. The fourth-order valence-corrected chi connectivity index (χ4v) is 1.08. The Morgan fingerprint density at radius 3 is 2.71 bits per heavy atom. The minimum atomic E-state index is -4.60. The molecule has 1 aromatic rings. The van der Waals surface area contributed by atoms with E-state index in [4.69, 9.17) is 10.6 Å². The molecular formula is C10H6F3N3O. The van der Waals surface area contributed by atoms with Gasteiger partial charge >= 0.3 is 6.18 Å². The van der Waals surface area contributed by atoms with Gasteiger partial charge in [-0.3, -0.25) is 0 Å². The monoisotopic (exact) mass is 241 g/mol. The number of aromatic hydroxyl groups is 1. The molecule has 0 bridgehead atoms. The smallest absolute Gasteiger partial charge is 0.417 e. The lowest BCUT2D eigenvalue weighted by Gasteiger charge is -2.09. The van der Waals surface area contributed by atoms with Crippen LogP contribution in [0, 0.1) is 11.8 Å². The van der Waals surface area contributed by atoms with Crippen molar-refractivity contribution in [2.24, 2.45) is 5.11 Å². The highest BCUT2D eigenvalue weighted by Gasteiger charge is 2.33. The number of benzene rings is 1. The number of halogens is 3. The second-order valence-electron chi connectivity index (χ2n) is 2.92. The van der Waals surface area contributed by atoms with Gasteiger partial charge in [-0.1, -0.05) is 17.0 Å². The van der Waals surface area contributed by atoms with Crippen LogP contribution in [0.3, 0.4) is 0 Å². The summed E-state index contributed by atoms with van der Waals surface area (Å²) < 4.78 is 37.6. The summed E-state index contributed by atoms with van der Waals surface area (Å²) in [6.45, 7) is -0.214. The van der Waals surface area contributed by atoms with Gasteiger partial charge in [0.15, 0.2) is 0 Å². The predicted octanol–water partition coefficient (Wildman–Crippen LogP) is 3.07. The molecule has 0 saturated carbocycles. The zero-order valence-electron chi connectivity index (χ0n) is 8.36. The van der Waals surface area contributed by atoms with Gasteiger partial charge in [-0.25, -0.2) is 0 Å². The standard InChI is InChI=1S/C10H6F3N3O/c11-10(12,13)9-6-8(17)4-3-7(9)2-1-5-15-16-14/h3-4,6,17H,5H2. The maximum absolute atomic E-state index is 12.5. The average molecular weight is 241 g/mol. The minimum absolute atomic E-state index is 0.214. The third-order valence-electron chi connectivity index (χ3n) is 1.74. The van der Waals surface area contributed by atoms with Gasteiger partial charge in [0.2, 0.25) is 0 Å². The highest BCUT2D eigenvalue weighted by Crippen LogP contribution is 2.33. The van der Waals surface area contributed by atoms with E-state index in [1.807, 2.05) is 0 Å². The van der Waals surface area contributed by atoms with Crippen LogP contribution < -0.4 is 0 Å². The van der Waals surface area contributed by atoms with Crippen LogP contribution in [0.2, 0.25) is 0 Å². The van der Waals surface area contributed by atoms with Crippen LogP contribution in [0.5, 0.6) is 5.75 Å². The normalized spacial score (nSPS) is 10.1. The Morgan fingerprint density at radius 1 is 1.41 bits per heavy atom. The second-order valence-corrected chi connectivity index (χ2v) is 2.92. The summed E-state index contributed by atoms with van der Waals surface area (Å²) in [6.07, 6.45) is -4.60. The van der Waals surface area contributed by atoms with E-state index >= 15 is 0 Å². The van der Waals surface area contributed by atoms with Crippen LogP contribution in [0.1, 0.15) is 11.1 Å². The quantitative estimate of drug-likeness (QED) is 0.349. The van der Waals surface area contributed by atoms with E-state index in [0.29, 0.717) is 6.07 Å². The van der Waals surface area contributed by atoms with Crippen LogP contribution in [-0.4, -0.2) is 11.7 Å². The molecule has 88 valence electrons. The molecule has 0 amide bonds. The van der Waals surface area contributed by atoms with E-state index in [2.05, 4.69) is 21.9 Å². The van der Waals surface area contributed by atoms with E-state index in [0.717, 1.165) is 12.1 Å². The summed E-state index contributed by atoms with van der Waals surface area (Å²) in [5.74, 6) is 4.03. The zero-order chi connectivity index (χ0) is 12.9. The molecule has 0 spiro atoms. The summed E-state index contributed by atoms with van der Waals surface area (Å²) in [5.41, 5.74) is 6.66. The first kappa shape index (κ1) is 12.7. The van der Waals surface area contributed by atoms with Crippen molar-refractivity contribution in [2.75, 3.05) is 6.54 Å². The van der Waals surface area contributed by atoms with E-state index in [1.54, 1.807) is 0 Å². The van der Waals surface area contributed by atoms with Gasteiger partial charge in [0.05, 0.1) is 12.1 Å². The number of nitrogens with zero attached hydrogens (tertiary/aromatic N) is 3. The van der Waals surface area contributed by atoms with E-state index in [9.17, 15) is 13.2 Å². The number of phenols is 1. The van der Waals surface area contributed by atoms with Crippen LogP contribution in [0.25, 0.3) is 10.4 Å². The highest BCUT2D eigenvalue weighted by molar-refractivity contribution is 5.46. The summed E-state index contributed by atoms with van der Waals surface area (Å²) in [5, 5.41) is 12.1.